The zero-order valence-corrected chi connectivity index (χ0v) is 16.2. The molecule has 28 heavy (non-hydrogen) atoms. The van der Waals surface area contributed by atoms with Crippen molar-refractivity contribution in [3.05, 3.63) is 48.8 Å². The van der Waals surface area contributed by atoms with Gasteiger partial charge < -0.3 is 10.6 Å². The number of hydrogen-bond acceptors (Lipinski definition) is 6. The van der Waals surface area contributed by atoms with Crippen LogP contribution in [0.2, 0.25) is 0 Å². The van der Waals surface area contributed by atoms with Crippen LogP contribution < -0.4 is 5.73 Å². The lowest BCUT2D eigenvalue weighted by molar-refractivity contribution is 0.167. The minimum absolute atomic E-state index is 0.459. The highest BCUT2D eigenvalue weighted by molar-refractivity contribution is 5.78. The summed E-state index contributed by atoms with van der Waals surface area (Å²) in [5.41, 5.74) is 9.85. The summed E-state index contributed by atoms with van der Waals surface area (Å²) in [7, 11) is 4.26. The summed E-state index contributed by atoms with van der Waals surface area (Å²) in [4.78, 5) is 11.2. The summed E-state index contributed by atoms with van der Waals surface area (Å²) in [6, 6.07) is 6.53. The Hall–Kier alpha value is -2.84. The van der Waals surface area contributed by atoms with Crippen molar-refractivity contribution in [3.63, 3.8) is 0 Å². The number of imidazole rings is 1. The van der Waals surface area contributed by atoms with Crippen molar-refractivity contribution in [2.24, 2.45) is 5.73 Å². The Morgan fingerprint density at radius 1 is 1.04 bits per heavy atom. The van der Waals surface area contributed by atoms with Crippen molar-refractivity contribution in [2.45, 2.75) is 37.3 Å². The first-order valence-corrected chi connectivity index (χ1v) is 9.64. The molecule has 2 N–H and O–H groups in total. The first kappa shape index (κ1) is 17.3. The zero-order valence-electron chi connectivity index (χ0n) is 16.2. The average Bonchev–Trinajstić information content (AvgIpc) is 3.34. The third-order valence-corrected chi connectivity index (χ3v) is 5.97. The fourth-order valence-corrected chi connectivity index (χ4v) is 4.16. The molecule has 8 heteroatoms. The van der Waals surface area contributed by atoms with E-state index in [2.05, 4.69) is 34.1 Å². The number of aromatic nitrogens is 6. The van der Waals surface area contributed by atoms with Crippen molar-refractivity contribution >= 4 is 11.2 Å². The molecule has 0 radical (unpaired) electrons. The predicted molar refractivity (Wildman–Crippen MR) is 107 cm³/mol. The lowest BCUT2D eigenvalue weighted by atomic mass is 9.79. The van der Waals surface area contributed by atoms with Crippen molar-refractivity contribution < 1.29 is 0 Å². The van der Waals surface area contributed by atoms with E-state index in [0.29, 0.717) is 6.04 Å². The third kappa shape index (κ3) is 2.76. The van der Waals surface area contributed by atoms with Gasteiger partial charge in [-0.3, -0.25) is 0 Å². The SMILES string of the molecule is CN(C)C1CCC(N)(c2ncc3c(-c4ccc5nccn5n4)ccn3n2)CC1. The number of hydrogen-bond donors (Lipinski definition) is 1. The molecule has 8 nitrogen and oxygen atoms in total. The number of fused-ring (bicyclic) bond motifs is 2. The Morgan fingerprint density at radius 2 is 1.86 bits per heavy atom. The minimum Gasteiger partial charge on any atom is -0.319 e. The van der Waals surface area contributed by atoms with Crippen LogP contribution in [-0.4, -0.2) is 54.2 Å². The van der Waals surface area contributed by atoms with Crippen LogP contribution in [0.1, 0.15) is 31.5 Å². The van der Waals surface area contributed by atoms with Crippen LogP contribution in [0.25, 0.3) is 22.4 Å². The van der Waals surface area contributed by atoms with Crippen LogP contribution >= 0.6 is 0 Å². The highest BCUT2D eigenvalue weighted by Crippen LogP contribution is 2.34. The summed E-state index contributed by atoms with van der Waals surface area (Å²) in [5, 5.41) is 9.39. The first-order valence-electron chi connectivity index (χ1n) is 9.64. The van der Waals surface area contributed by atoms with E-state index in [9.17, 15) is 0 Å². The minimum atomic E-state index is -0.459. The molecule has 1 fully saturated rings. The number of nitrogens with zero attached hydrogens (tertiary/aromatic N) is 7. The highest BCUT2D eigenvalue weighted by atomic mass is 15.3. The van der Waals surface area contributed by atoms with Crippen LogP contribution in [0.5, 0.6) is 0 Å². The molecule has 5 rings (SSSR count). The third-order valence-electron chi connectivity index (χ3n) is 5.97. The van der Waals surface area contributed by atoms with E-state index in [1.165, 1.54) is 0 Å². The van der Waals surface area contributed by atoms with Gasteiger partial charge in [-0.25, -0.2) is 19.0 Å². The average molecular weight is 376 g/mol. The molecule has 4 aromatic heterocycles. The summed E-state index contributed by atoms with van der Waals surface area (Å²) in [6.07, 6.45) is 11.3. The lowest BCUT2D eigenvalue weighted by Crippen LogP contribution is -2.46. The van der Waals surface area contributed by atoms with Gasteiger partial charge in [0.15, 0.2) is 11.5 Å². The Kier molecular flexibility index (Phi) is 3.92. The van der Waals surface area contributed by atoms with Crippen LogP contribution in [-0.2, 0) is 5.54 Å². The van der Waals surface area contributed by atoms with E-state index < -0.39 is 5.54 Å². The van der Waals surface area contributed by atoms with Gasteiger partial charge in [0.25, 0.3) is 0 Å². The molecule has 1 aliphatic rings. The van der Waals surface area contributed by atoms with Gasteiger partial charge in [0.2, 0.25) is 0 Å². The summed E-state index contributed by atoms with van der Waals surface area (Å²) in [5.74, 6) is 0.720. The highest BCUT2D eigenvalue weighted by Gasteiger charge is 2.36. The predicted octanol–water partition coefficient (Wildman–Crippen LogP) is 2.10. The Balaban J connectivity index is 1.48. The van der Waals surface area contributed by atoms with Crippen LogP contribution in [0, 0.1) is 0 Å². The van der Waals surface area contributed by atoms with Crippen molar-refractivity contribution in [1.29, 1.82) is 0 Å². The molecule has 144 valence electrons. The summed E-state index contributed by atoms with van der Waals surface area (Å²) >= 11 is 0. The monoisotopic (exact) mass is 376 g/mol. The van der Waals surface area contributed by atoms with E-state index >= 15 is 0 Å². The van der Waals surface area contributed by atoms with Gasteiger partial charge >= 0.3 is 0 Å². The standard InChI is InChI=1S/C20H24N8/c1-26(2)14-5-8-20(21,9-6-14)19-23-13-17-15(7-11-27(17)25-19)16-3-4-18-22-10-12-28(18)24-16/h3-4,7,10-14H,5-6,8-9,21H2,1-2H3. The second kappa shape index (κ2) is 6.35. The molecular weight excluding hydrogens is 352 g/mol. The molecule has 0 aliphatic heterocycles. The van der Waals surface area contributed by atoms with E-state index in [-0.39, 0.29) is 0 Å². The summed E-state index contributed by atoms with van der Waals surface area (Å²) in [6.45, 7) is 0. The van der Waals surface area contributed by atoms with Crippen molar-refractivity contribution in [2.75, 3.05) is 14.1 Å². The van der Waals surface area contributed by atoms with Gasteiger partial charge in [-0.1, -0.05) is 0 Å². The second-order valence-electron chi connectivity index (χ2n) is 7.94. The Bertz CT molecular complexity index is 1130. The topological polar surface area (TPSA) is 89.6 Å². The van der Waals surface area contributed by atoms with Gasteiger partial charge in [-0.2, -0.15) is 10.2 Å². The van der Waals surface area contributed by atoms with Crippen LogP contribution in [0.4, 0.5) is 0 Å². The number of nitrogens with two attached hydrogens (primary N) is 1. The molecular formula is C20H24N8. The zero-order chi connectivity index (χ0) is 19.3. The molecule has 0 spiro atoms. The van der Waals surface area contributed by atoms with Gasteiger partial charge in [-0.05, 0) is 58.0 Å². The van der Waals surface area contributed by atoms with E-state index in [1.54, 1.807) is 10.7 Å². The largest absolute Gasteiger partial charge is 0.319 e. The van der Waals surface area contributed by atoms with Gasteiger partial charge in [0.05, 0.1) is 22.9 Å². The van der Waals surface area contributed by atoms with Crippen LogP contribution in [0.15, 0.2) is 43.0 Å². The Morgan fingerprint density at radius 3 is 2.64 bits per heavy atom. The molecule has 0 unspecified atom stereocenters. The van der Waals surface area contributed by atoms with Crippen molar-refractivity contribution in [1.82, 2.24) is 34.1 Å². The first-order chi connectivity index (χ1) is 13.5. The molecule has 1 saturated carbocycles. The van der Waals surface area contributed by atoms with E-state index in [4.69, 9.17) is 10.8 Å². The van der Waals surface area contributed by atoms with Crippen molar-refractivity contribution in [3.8, 4) is 11.3 Å². The molecule has 0 saturated heterocycles. The maximum Gasteiger partial charge on any atom is 0.169 e. The maximum atomic E-state index is 6.72. The van der Waals surface area contributed by atoms with Gasteiger partial charge in [0, 0.05) is 30.2 Å². The van der Waals surface area contributed by atoms with Gasteiger partial charge in [-0.15, -0.1) is 0 Å². The van der Waals surface area contributed by atoms with E-state index in [0.717, 1.165) is 53.9 Å². The lowest BCUT2D eigenvalue weighted by Gasteiger charge is -2.38. The molecule has 1 aliphatic carbocycles. The molecule has 0 atom stereocenters. The second-order valence-corrected chi connectivity index (χ2v) is 7.94. The normalized spacial score (nSPS) is 23.1. The molecule has 4 heterocycles. The molecule has 0 bridgehead atoms. The Labute approximate surface area is 163 Å². The van der Waals surface area contributed by atoms with Crippen LogP contribution in [0.3, 0.4) is 0 Å². The molecule has 0 amide bonds. The fraction of sp³-hybridized carbons (Fsp3) is 0.400. The van der Waals surface area contributed by atoms with Gasteiger partial charge in [0.1, 0.15) is 0 Å². The van der Waals surface area contributed by atoms with E-state index in [1.807, 2.05) is 41.3 Å². The maximum absolute atomic E-state index is 6.72. The molecule has 4 aromatic rings. The number of rotatable bonds is 3. The quantitative estimate of drug-likeness (QED) is 0.589. The summed E-state index contributed by atoms with van der Waals surface area (Å²) < 4.78 is 3.64. The molecule has 0 aromatic carbocycles. The smallest absolute Gasteiger partial charge is 0.169 e. The fourth-order valence-electron chi connectivity index (χ4n) is 4.16.